The van der Waals surface area contributed by atoms with E-state index in [0.717, 1.165) is 12.4 Å². The van der Waals surface area contributed by atoms with Crippen LogP contribution in [0.5, 0.6) is 5.88 Å². The Labute approximate surface area is 109 Å². The number of nitrogens with zero attached hydrogens (tertiary/aromatic N) is 2. The standard InChI is InChI=1S/C14H23N3O/c1-3-17(11-7-5-4-6-8-11)13-10-9-12(15)14(16-13)18-2/h9-11H,3-8,15H2,1-2H3. The van der Waals surface area contributed by atoms with Crippen LogP contribution in [0, 0.1) is 0 Å². The van der Waals surface area contributed by atoms with Crippen LogP contribution in [0.3, 0.4) is 0 Å². The molecule has 0 radical (unpaired) electrons. The van der Waals surface area contributed by atoms with E-state index in [1.165, 1.54) is 32.1 Å². The van der Waals surface area contributed by atoms with Gasteiger partial charge in [-0.1, -0.05) is 19.3 Å². The Morgan fingerprint density at radius 2 is 2.06 bits per heavy atom. The van der Waals surface area contributed by atoms with Crippen LogP contribution < -0.4 is 15.4 Å². The molecule has 1 aromatic rings. The molecule has 1 aliphatic carbocycles. The van der Waals surface area contributed by atoms with E-state index in [-0.39, 0.29) is 0 Å². The van der Waals surface area contributed by atoms with Crippen molar-refractivity contribution in [2.45, 2.75) is 45.1 Å². The predicted molar refractivity (Wildman–Crippen MR) is 75.1 cm³/mol. The monoisotopic (exact) mass is 249 g/mol. The summed E-state index contributed by atoms with van der Waals surface area (Å²) in [5.74, 6) is 1.51. The Kier molecular flexibility index (Phi) is 4.28. The fraction of sp³-hybridized carbons (Fsp3) is 0.643. The molecule has 0 unspecified atom stereocenters. The lowest BCUT2D eigenvalue weighted by molar-refractivity contribution is 0.394. The van der Waals surface area contributed by atoms with Gasteiger partial charge >= 0.3 is 0 Å². The molecular formula is C14H23N3O. The van der Waals surface area contributed by atoms with Gasteiger partial charge in [0.25, 0.3) is 0 Å². The van der Waals surface area contributed by atoms with Crippen molar-refractivity contribution in [2.75, 3.05) is 24.3 Å². The molecule has 0 spiro atoms. The number of hydrogen-bond donors (Lipinski definition) is 1. The van der Waals surface area contributed by atoms with Crippen molar-refractivity contribution < 1.29 is 4.74 Å². The van der Waals surface area contributed by atoms with Crippen LogP contribution in [0.4, 0.5) is 11.5 Å². The molecule has 18 heavy (non-hydrogen) atoms. The molecule has 2 N–H and O–H groups in total. The maximum absolute atomic E-state index is 5.81. The van der Waals surface area contributed by atoms with E-state index < -0.39 is 0 Å². The van der Waals surface area contributed by atoms with Crippen molar-refractivity contribution in [2.24, 2.45) is 0 Å². The molecule has 4 nitrogen and oxygen atoms in total. The average molecular weight is 249 g/mol. The molecule has 0 aliphatic heterocycles. The quantitative estimate of drug-likeness (QED) is 0.891. The van der Waals surface area contributed by atoms with Crippen LogP contribution in [0.2, 0.25) is 0 Å². The average Bonchev–Trinajstić information content (AvgIpc) is 2.42. The lowest BCUT2D eigenvalue weighted by Gasteiger charge is -2.34. The molecule has 2 rings (SSSR count). The summed E-state index contributed by atoms with van der Waals surface area (Å²) in [5.41, 5.74) is 6.41. The van der Waals surface area contributed by atoms with Gasteiger partial charge < -0.3 is 15.4 Å². The highest BCUT2D eigenvalue weighted by Crippen LogP contribution is 2.28. The molecule has 0 aromatic carbocycles. The van der Waals surface area contributed by atoms with Gasteiger partial charge in [0.05, 0.1) is 12.8 Å². The summed E-state index contributed by atoms with van der Waals surface area (Å²) in [7, 11) is 1.61. The molecule has 1 aliphatic rings. The molecule has 0 amide bonds. The summed E-state index contributed by atoms with van der Waals surface area (Å²) >= 11 is 0. The van der Waals surface area contributed by atoms with Crippen molar-refractivity contribution in [1.29, 1.82) is 0 Å². The highest BCUT2D eigenvalue weighted by atomic mass is 16.5. The van der Waals surface area contributed by atoms with Gasteiger partial charge in [-0.2, -0.15) is 4.98 Å². The van der Waals surface area contributed by atoms with Gasteiger partial charge in [0.15, 0.2) is 0 Å². The van der Waals surface area contributed by atoms with Crippen molar-refractivity contribution in [1.82, 2.24) is 4.98 Å². The number of hydrogen-bond acceptors (Lipinski definition) is 4. The number of nitrogens with two attached hydrogens (primary N) is 1. The topological polar surface area (TPSA) is 51.4 Å². The van der Waals surface area contributed by atoms with Gasteiger partial charge in [-0.3, -0.25) is 0 Å². The smallest absolute Gasteiger partial charge is 0.238 e. The second-order valence-electron chi connectivity index (χ2n) is 4.85. The van der Waals surface area contributed by atoms with Gasteiger partial charge in [-0.25, -0.2) is 0 Å². The fourth-order valence-electron chi connectivity index (χ4n) is 2.76. The molecule has 1 heterocycles. The first-order valence-corrected chi connectivity index (χ1v) is 6.83. The Morgan fingerprint density at radius 3 is 2.67 bits per heavy atom. The van der Waals surface area contributed by atoms with E-state index in [1.807, 2.05) is 12.1 Å². The summed E-state index contributed by atoms with van der Waals surface area (Å²) in [6.07, 6.45) is 6.55. The third kappa shape index (κ3) is 2.68. The summed E-state index contributed by atoms with van der Waals surface area (Å²) in [6.45, 7) is 3.16. The molecule has 0 bridgehead atoms. The number of aromatic nitrogens is 1. The van der Waals surface area contributed by atoms with Crippen LogP contribution in [-0.4, -0.2) is 24.7 Å². The zero-order valence-electron chi connectivity index (χ0n) is 11.4. The van der Waals surface area contributed by atoms with E-state index in [9.17, 15) is 0 Å². The normalized spacial score (nSPS) is 16.6. The number of methoxy groups -OCH3 is 1. The Hall–Kier alpha value is -1.45. The number of rotatable bonds is 4. The molecule has 0 saturated heterocycles. The fourth-order valence-corrected chi connectivity index (χ4v) is 2.76. The van der Waals surface area contributed by atoms with Crippen molar-refractivity contribution in [3.8, 4) is 5.88 Å². The first kappa shape index (κ1) is 13.0. The third-order valence-electron chi connectivity index (χ3n) is 3.72. The lowest BCUT2D eigenvalue weighted by Crippen LogP contribution is -2.37. The zero-order valence-corrected chi connectivity index (χ0v) is 11.4. The lowest BCUT2D eigenvalue weighted by atomic mass is 9.94. The second-order valence-corrected chi connectivity index (χ2v) is 4.85. The number of ether oxygens (including phenoxy) is 1. The summed E-state index contributed by atoms with van der Waals surface area (Å²) in [4.78, 5) is 6.89. The Balaban J connectivity index is 2.20. The molecule has 4 heteroatoms. The SMILES string of the molecule is CCN(c1ccc(N)c(OC)n1)C1CCCCC1. The first-order valence-electron chi connectivity index (χ1n) is 6.83. The summed E-state index contributed by atoms with van der Waals surface area (Å²) in [6, 6.07) is 4.49. The molecule has 0 atom stereocenters. The highest BCUT2D eigenvalue weighted by Gasteiger charge is 2.21. The maximum atomic E-state index is 5.81. The largest absolute Gasteiger partial charge is 0.479 e. The van der Waals surface area contributed by atoms with Crippen molar-refractivity contribution >= 4 is 11.5 Å². The van der Waals surface area contributed by atoms with Crippen molar-refractivity contribution in [3.63, 3.8) is 0 Å². The zero-order chi connectivity index (χ0) is 13.0. The first-order chi connectivity index (χ1) is 8.76. The van der Waals surface area contributed by atoms with Gasteiger partial charge in [-0.05, 0) is 31.9 Å². The number of pyridine rings is 1. The van der Waals surface area contributed by atoms with Crippen LogP contribution >= 0.6 is 0 Å². The Morgan fingerprint density at radius 1 is 1.33 bits per heavy atom. The minimum Gasteiger partial charge on any atom is -0.479 e. The van der Waals surface area contributed by atoms with E-state index in [1.54, 1.807) is 7.11 Å². The highest BCUT2D eigenvalue weighted by molar-refractivity contribution is 5.54. The van der Waals surface area contributed by atoms with E-state index in [4.69, 9.17) is 10.5 Å². The number of nitrogen functional groups attached to an aromatic ring is 1. The number of anilines is 2. The van der Waals surface area contributed by atoms with Crippen LogP contribution in [0.25, 0.3) is 0 Å². The van der Waals surface area contributed by atoms with Gasteiger partial charge in [0.2, 0.25) is 5.88 Å². The second kappa shape index (κ2) is 5.94. The van der Waals surface area contributed by atoms with E-state index in [0.29, 0.717) is 17.6 Å². The molecule has 100 valence electrons. The van der Waals surface area contributed by atoms with Crippen LogP contribution in [0.15, 0.2) is 12.1 Å². The van der Waals surface area contributed by atoms with Crippen molar-refractivity contribution in [3.05, 3.63) is 12.1 Å². The summed E-state index contributed by atoms with van der Waals surface area (Å²) < 4.78 is 5.20. The van der Waals surface area contributed by atoms with Gasteiger partial charge in [-0.15, -0.1) is 0 Å². The molecular weight excluding hydrogens is 226 g/mol. The predicted octanol–water partition coefficient (Wildman–Crippen LogP) is 2.83. The minimum absolute atomic E-state index is 0.529. The van der Waals surface area contributed by atoms with Crippen LogP contribution in [-0.2, 0) is 0 Å². The van der Waals surface area contributed by atoms with E-state index in [2.05, 4.69) is 16.8 Å². The molecule has 1 saturated carbocycles. The minimum atomic E-state index is 0.529. The third-order valence-corrected chi connectivity index (χ3v) is 3.72. The molecule has 1 fully saturated rings. The van der Waals surface area contributed by atoms with Crippen LogP contribution in [0.1, 0.15) is 39.0 Å². The molecule has 1 aromatic heterocycles. The van der Waals surface area contributed by atoms with Gasteiger partial charge in [0.1, 0.15) is 5.82 Å². The summed E-state index contributed by atoms with van der Waals surface area (Å²) in [5, 5.41) is 0. The Bertz CT molecular complexity index is 389. The van der Waals surface area contributed by atoms with E-state index >= 15 is 0 Å². The van der Waals surface area contributed by atoms with Gasteiger partial charge in [0, 0.05) is 12.6 Å². The maximum Gasteiger partial charge on any atom is 0.238 e.